The van der Waals surface area contributed by atoms with E-state index in [0.717, 1.165) is 25.8 Å². The van der Waals surface area contributed by atoms with Crippen molar-refractivity contribution < 1.29 is 13.9 Å². The van der Waals surface area contributed by atoms with E-state index in [1.54, 1.807) is 30.5 Å². The molecule has 0 fully saturated rings. The molecule has 3 aromatic carbocycles. The lowest BCUT2D eigenvalue weighted by molar-refractivity contribution is 0.0929. The molecule has 0 bridgehead atoms. The number of carbonyl (C=O) groups excluding carboxylic acids is 1. The highest BCUT2D eigenvalue weighted by atomic mass is 127. The predicted octanol–water partition coefficient (Wildman–Crippen LogP) is 6.69. The number of benzene rings is 3. The van der Waals surface area contributed by atoms with Crippen LogP contribution < -0.4 is 10.2 Å². The van der Waals surface area contributed by atoms with Gasteiger partial charge < -0.3 is 9.15 Å². The fraction of sp³-hybridized carbons (Fsp3) is 0.0435. The van der Waals surface area contributed by atoms with Gasteiger partial charge in [0.05, 0.1) is 9.78 Å². The van der Waals surface area contributed by atoms with E-state index < -0.39 is 5.91 Å². The Kier molecular flexibility index (Phi) is 6.80. The van der Waals surface area contributed by atoms with Crippen LogP contribution >= 0.6 is 45.8 Å². The SMILES string of the molecule is O=C(N/N=C/c1ccc(OCc2ccc(Cl)cc2)c(I)c1)c1cc2cc(Cl)ccc2o1. The lowest BCUT2D eigenvalue weighted by Crippen LogP contribution is -2.16. The van der Waals surface area contributed by atoms with Crippen LogP contribution in [-0.4, -0.2) is 12.1 Å². The third-order valence-electron chi connectivity index (χ3n) is 4.35. The fourth-order valence-corrected chi connectivity index (χ4v) is 3.80. The minimum absolute atomic E-state index is 0.162. The molecule has 0 saturated heterocycles. The fourth-order valence-electron chi connectivity index (χ4n) is 2.80. The van der Waals surface area contributed by atoms with Crippen molar-refractivity contribution in [3.05, 3.63) is 97.2 Å². The Morgan fingerprint density at radius 2 is 1.81 bits per heavy atom. The number of hydrazone groups is 1. The Balaban J connectivity index is 1.36. The third-order valence-corrected chi connectivity index (χ3v) is 5.68. The standard InChI is InChI=1S/C23H15Cl2IN2O3/c24-17-4-1-14(2-5-17)13-30-21-7-3-15(9-19(21)26)12-27-28-23(29)22-11-16-10-18(25)6-8-20(16)31-22/h1-12H,13H2,(H,28,29)/b27-12+. The van der Waals surface area contributed by atoms with Gasteiger partial charge in [0.2, 0.25) is 0 Å². The van der Waals surface area contributed by atoms with Crippen molar-refractivity contribution >= 4 is 68.9 Å². The predicted molar refractivity (Wildman–Crippen MR) is 131 cm³/mol. The van der Waals surface area contributed by atoms with Crippen LogP contribution in [0.5, 0.6) is 5.75 Å². The molecule has 0 aliphatic rings. The van der Waals surface area contributed by atoms with Crippen LogP contribution in [-0.2, 0) is 6.61 Å². The van der Waals surface area contributed by atoms with E-state index in [4.69, 9.17) is 32.4 Å². The molecule has 156 valence electrons. The first kappa shape index (κ1) is 21.7. The highest BCUT2D eigenvalue weighted by Crippen LogP contribution is 2.24. The van der Waals surface area contributed by atoms with Gasteiger partial charge in [-0.3, -0.25) is 4.79 Å². The van der Waals surface area contributed by atoms with Gasteiger partial charge in [0.15, 0.2) is 5.76 Å². The second kappa shape index (κ2) is 9.72. The smallest absolute Gasteiger partial charge is 0.307 e. The molecule has 1 N–H and O–H groups in total. The van der Waals surface area contributed by atoms with Crippen molar-refractivity contribution in [1.29, 1.82) is 0 Å². The molecule has 0 unspecified atom stereocenters. The maximum Gasteiger partial charge on any atom is 0.307 e. The molecule has 1 aromatic heterocycles. The van der Waals surface area contributed by atoms with Gasteiger partial charge in [0, 0.05) is 15.4 Å². The second-order valence-electron chi connectivity index (χ2n) is 6.60. The number of rotatable bonds is 6. The molecular formula is C23H15Cl2IN2O3. The molecule has 1 amide bonds. The summed E-state index contributed by atoms with van der Waals surface area (Å²) in [7, 11) is 0. The lowest BCUT2D eigenvalue weighted by atomic mass is 10.2. The maximum atomic E-state index is 12.3. The van der Waals surface area contributed by atoms with Crippen LogP contribution in [0, 0.1) is 3.57 Å². The molecule has 0 saturated carbocycles. The lowest BCUT2D eigenvalue weighted by Gasteiger charge is -2.09. The Labute approximate surface area is 202 Å². The van der Waals surface area contributed by atoms with Crippen molar-refractivity contribution in [1.82, 2.24) is 5.43 Å². The summed E-state index contributed by atoms with van der Waals surface area (Å²) in [4.78, 5) is 12.3. The van der Waals surface area contributed by atoms with Crippen LogP contribution in [0.25, 0.3) is 11.0 Å². The van der Waals surface area contributed by atoms with E-state index in [-0.39, 0.29) is 5.76 Å². The number of halogens is 3. The number of nitrogens with zero attached hydrogens (tertiary/aromatic N) is 1. The van der Waals surface area contributed by atoms with Crippen LogP contribution in [0.2, 0.25) is 10.0 Å². The summed E-state index contributed by atoms with van der Waals surface area (Å²) in [5.41, 5.74) is 4.90. The number of hydrogen-bond donors (Lipinski definition) is 1. The molecule has 0 aliphatic heterocycles. The van der Waals surface area contributed by atoms with Gasteiger partial charge in [-0.1, -0.05) is 35.3 Å². The van der Waals surface area contributed by atoms with Gasteiger partial charge in [-0.25, -0.2) is 5.43 Å². The average Bonchev–Trinajstić information content (AvgIpc) is 3.17. The Bertz CT molecular complexity index is 1270. The van der Waals surface area contributed by atoms with Crippen molar-refractivity contribution in [3.8, 4) is 5.75 Å². The minimum atomic E-state index is -0.443. The molecule has 4 aromatic rings. The van der Waals surface area contributed by atoms with Crippen LogP contribution in [0.3, 0.4) is 0 Å². The highest BCUT2D eigenvalue weighted by Gasteiger charge is 2.11. The van der Waals surface area contributed by atoms with E-state index in [1.165, 1.54) is 0 Å². The molecule has 0 atom stereocenters. The van der Waals surface area contributed by atoms with Gasteiger partial charge >= 0.3 is 5.91 Å². The van der Waals surface area contributed by atoms with E-state index >= 15 is 0 Å². The van der Waals surface area contributed by atoms with E-state index in [0.29, 0.717) is 22.2 Å². The quantitative estimate of drug-likeness (QED) is 0.161. The van der Waals surface area contributed by atoms with Crippen molar-refractivity contribution in [2.45, 2.75) is 6.61 Å². The first-order valence-corrected chi connectivity index (χ1v) is 11.0. The minimum Gasteiger partial charge on any atom is -0.488 e. The van der Waals surface area contributed by atoms with Gasteiger partial charge in [-0.2, -0.15) is 5.10 Å². The molecule has 4 rings (SSSR count). The van der Waals surface area contributed by atoms with E-state index in [2.05, 4.69) is 33.1 Å². The largest absolute Gasteiger partial charge is 0.488 e. The topological polar surface area (TPSA) is 63.8 Å². The van der Waals surface area contributed by atoms with Gasteiger partial charge in [0.25, 0.3) is 0 Å². The van der Waals surface area contributed by atoms with Gasteiger partial charge in [-0.15, -0.1) is 0 Å². The van der Waals surface area contributed by atoms with Gasteiger partial charge in [-0.05, 0) is 88.3 Å². The van der Waals surface area contributed by atoms with Crippen LogP contribution in [0.4, 0.5) is 0 Å². The zero-order chi connectivity index (χ0) is 21.8. The summed E-state index contributed by atoms with van der Waals surface area (Å²) in [6.07, 6.45) is 1.56. The summed E-state index contributed by atoms with van der Waals surface area (Å²) in [5.74, 6) is 0.480. The van der Waals surface area contributed by atoms with Crippen LogP contribution in [0.15, 0.2) is 76.2 Å². The molecular weight excluding hydrogens is 550 g/mol. The molecule has 1 heterocycles. The van der Waals surface area contributed by atoms with Crippen molar-refractivity contribution in [2.75, 3.05) is 0 Å². The Morgan fingerprint density at radius 3 is 2.58 bits per heavy atom. The summed E-state index contributed by atoms with van der Waals surface area (Å²) >= 11 is 14.1. The highest BCUT2D eigenvalue weighted by molar-refractivity contribution is 14.1. The first-order chi connectivity index (χ1) is 15.0. The molecule has 31 heavy (non-hydrogen) atoms. The monoisotopic (exact) mass is 564 g/mol. The summed E-state index contributed by atoms with van der Waals surface area (Å²) in [6.45, 7) is 0.444. The van der Waals surface area contributed by atoms with Crippen molar-refractivity contribution in [2.24, 2.45) is 5.10 Å². The van der Waals surface area contributed by atoms with Crippen molar-refractivity contribution in [3.63, 3.8) is 0 Å². The molecule has 0 radical (unpaired) electrons. The zero-order valence-electron chi connectivity index (χ0n) is 15.9. The average molecular weight is 565 g/mol. The third kappa shape index (κ3) is 5.58. The summed E-state index contributed by atoms with van der Waals surface area (Å²) in [6, 6.07) is 19.9. The van der Waals surface area contributed by atoms with Gasteiger partial charge in [0.1, 0.15) is 17.9 Å². The van der Waals surface area contributed by atoms with Crippen LogP contribution in [0.1, 0.15) is 21.7 Å². The molecule has 0 aliphatic carbocycles. The summed E-state index contributed by atoms with van der Waals surface area (Å²) in [5, 5.41) is 6.04. The second-order valence-corrected chi connectivity index (χ2v) is 8.63. The summed E-state index contributed by atoms with van der Waals surface area (Å²) < 4.78 is 12.3. The zero-order valence-corrected chi connectivity index (χ0v) is 19.6. The number of nitrogens with one attached hydrogen (secondary N) is 1. The molecule has 5 nitrogen and oxygen atoms in total. The molecule has 8 heteroatoms. The Morgan fingerprint density at radius 1 is 1.03 bits per heavy atom. The first-order valence-electron chi connectivity index (χ1n) is 9.17. The normalized spacial score (nSPS) is 11.2. The number of amides is 1. The number of hydrogen-bond acceptors (Lipinski definition) is 4. The number of fused-ring (bicyclic) bond motifs is 1. The van der Waals surface area contributed by atoms with E-state index in [9.17, 15) is 4.79 Å². The maximum absolute atomic E-state index is 12.3. The number of furan rings is 1. The number of carbonyl (C=O) groups is 1. The van der Waals surface area contributed by atoms with E-state index in [1.807, 2.05) is 42.5 Å². The Hall–Kier alpha value is -2.55. The molecule has 0 spiro atoms. The number of ether oxygens (including phenoxy) is 1.